The second-order valence-electron chi connectivity index (χ2n) is 4.74. The van der Waals surface area contributed by atoms with Gasteiger partial charge in [-0.05, 0) is 37.6 Å². The number of nitrogens with one attached hydrogen (secondary N) is 1. The molecular formula is C16H23N3O. The molecule has 0 amide bonds. The van der Waals surface area contributed by atoms with Gasteiger partial charge in [0.05, 0.1) is 13.2 Å². The van der Waals surface area contributed by atoms with Crippen LogP contribution >= 0.6 is 0 Å². The zero-order chi connectivity index (χ0) is 14.4. The van der Waals surface area contributed by atoms with Crippen LogP contribution in [-0.4, -0.2) is 23.2 Å². The molecule has 20 heavy (non-hydrogen) atoms. The molecule has 0 saturated heterocycles. The van der Waals surface area contributed by atoms with E-state index in [2.05, 4.69) is 40.8 Å². The predicted octanol–water partition coefficient (Wildman–Crippen LogP) is 2.80. The van der Waals surface area contributed by atoms with Crippen molar-refractivity contribution in [2.45, 2.75) is 32.9 Å². The minimum atomic E-state index is 0.224. The highest BCUT2D eigenvalue weighted by Crippen LogP contribution is 2.20. The molecule has 0 aliphatic carbocycles. The number of hydrogen-bond acceptors (Lipinski definition) is 3. The summed E-state index contributed by atoms with van der Waals surface area (Å²) in [5.74, 6) is 1.99. The molecular weight excluding hydrogens is 250 g/mol. The summed E-state index contributed by atoms with van der Waals surface area (Å²) < 4.78 is 7.48. The van der Waals surface area contributed by atoms with Crippen molar-refractivity contribution in [3.8, 4) is 5.75 Å². The van der Waals surface area contributed by atoms with Crippen LogP contribution in [0, 0.1) is 0 Å². The van der Waals surface area contributed by atoms with E-state index in [0.717, 1.165) is 31.1 Å². The fraction of sp³-hybridized carbons (Fsp3) is 0.438. The van der Waals surface area contributed by atoms with E-state index in [4.69, 9.17) is 4.74 Å². The maximum absolute atomic E-state index is 5.29. The summed E-state index contributed by atoms with van der Waals surface area (Å²) >= 11 is 0. The largest absolute Gasteiger partial charge is 0.497 e. The summed E-state index contributed by atoms with van der Waals surface area (Å²) in [4.78, 5) is 4.51. The van der Waals surface area contributed by atoms with Gasteiger partial charge in [-0.2, -0.15) is 0 Å². The molecule has 1 unspecified atom stereocenters. The highest BCUT2D eigenvalue weighted by atomic mass is 16.5. The van der Waals surface area contributed by atoms with Crippen molar-refractivity contribution in [1.82, 2.24) is 14.9 Å². The molecule has 1 aromatic heterocycles. The molecule has 0 bridgehead atoms. The Morgan fingerprint density at radius 3 is 2.90 bits per heavy atom. The number of methoxy groups -OCH3 is 1. The van der Waals surface area contributed by atoms with Crippen LogP contribution in [0.4, 0.5) is 0 Å². The Hall–Kier alpha value is -1.81. The van der Waals surface area contributed by atoms with E-state index >= 15 is 0 Å². The lowest BCUT2D eigenvalue weighted by molar-refractivity contribution is 0.413. The van der Waals surface area contributed by atoms with E-state index in [-0.39, 0.29) is 6.04 Å². The molecule has 0 aliphatic heterocycles. The average Bonchev–Trinajstić information content (AvgIpc) is 2.95. The van der Waals surface area contributed by atoms with E-state index in [0.29, 0.717) is 0 Å². The van der Waals surface area contributed by atoms with Gasteiger partial charge >= 0.3 is 0 Å². The molecule has 0 spiro atoms. The summed E-state index contributed by atoms with van der Waals surface area (Å²) in [5.41, 5.74) is 1.25. The second-order valence-corrected chi connectivity index (χ2v) is 4.74. The molecule has 1 aromatic carbocycles. The molecule has 1 heterocycles. The number of likely N-dealkylation sites (N-methyl/N-ethyl adjacent to an activating group) is 1. The van der Waals surface area contributed by atoms with Crippen molar-refractivity contribution in [2.24, 2.45) is 0 Å². The zero-order valence-corrected chi connectivity index (χ0v) is 12.5. The molecule has 1 atom stereocenters. The molecule has 0 fully saturated rings. The van der Waals surface area contributed by atoms with Crippen molar-refractivity contribution in [2.75, 3.05) is 13.7 Å². The van der Waals surface area contributed by atoms with E-state index in [1.54, 1.807) is 7.11 Å². The Balaban J connectivity index is 2.20. The molecule has 0 saturated carbocycles. The lowest BCUT2D eigenvalue weighted by Gasteiger charge is -2.19. The van der Waals surface area contributed by atoms with Gasteiger partial charge in [-0.3, -0.25) is 0 Å². The first-order valence-electron chi connectivity index (χ1n) is 7.15. The third-order valence-electron chi connectivity index (χ3n) is 3.42. The Bertz CT molecular complexity index is 536. The van der Waals surface area contributed by atoms with E-state index < -0.39 is 0 Å². The summed E-state index contributed by atoms with van der Waals surface area (Å²) in [5, 5.41) is 3.52. The SMILES string of the molecule is CCNC(Cc1cccc(OC)c1)c1nccn1CC. The van der Waals surface area contributed by atoms with Gasteiger partial charge in [0, 0.05) is 18.9 Å². The van der Waals surface area contributed by atoms with Crippen LogP contribution in [0.3, 0.4) is 0 Å². The molecule has 4 nitrogen and oxygen atoms in total. The lowest BCUT2D eigenvalue weighted by Crippen LogP contribution is -2.26. The van der Waals surface area contributed by atoms with E-state index in [9.17, 15) is 0 Å². The smallest absolute Gasteiger partial charge is 0.126 e. The van der Waals surface area contributed by atoms with Gasteiger partial charge in [0.25, 0.3) is 0 Å². The quantitative estimate of drug-likeness (QED) is 0.843. The summed E-state index contributed by atoms with van der Waals surface area (Å²) in [6.07, 6.45) is 4.81. The summed E-state index contributed by atoms with van der Waals surface area (Å²) in [6, 6.07) is 8.44. The van der Waals surface area contributed by atoms with Crippen LogP contribution in [0.15, 0.2) is 36.7 Å². The predicted molar refractivity (Wildman–Crippen MR) is 81.0 cm³/mol. The standard InChI is InChI=1S/C16H23N3O/c1-4-17-15(16-18-9-10-19(16)5-2)12-13-7-6-8-14(11-13)20-3/h6-11,15,17H,4-5,12H2,1-3H3. The highest BCUT2D eigenvalue weighted by Gasteiger charge is 2.16. The lowest BCUT2D eigenvalue weighted by atomic mass is 10.0. The van der Waals surface area contributed by atoms with Crippen molar-refractivity contribution in [3.63, 3.8) is 0 Å². The van der Waals surface area contributed by atoms with E-state index in [1.165, 1.54) is 5.56 Å². The van der Waals surface area contributed by atoms with Gasteiger partial charge in [-0.15, -0.1) is 0 Å². The number of benzene rings is 1. The van der Waals surface area contributed by atoms with Crippen molar-refractivity contribution in [1.29, 1.82) is 0 Å². The third-order valence-corrected chi connectivity index (χ3v) is 3.42. The van der Waals surface area contributed by atoms with Gasteiger partial charge in [-0.1, -0.05) is 19.1 Å². The van der Waals surface area contributed by atoms with Crippen LogP contribution in [-0.2, 0) is 13.0 Å². The molecule has 0 radical (unpaired) electrons. The third kappa shape index (κ3) is 3.39. The van der Waals surface area contributed by atoms with Crippen LogP contribution in [0.25, 0.3) is 0 Å². The van der Waals surface area contributed by atoms with Crippen LogP contribution in [0.2, 0.25) is 0 Å². The zero-order valence-electron chi connectivity index (χ0n) is 12.5. The number of ether oxygens (including phenoxy) is 1. The fourth-order valence-corrected chi connectivity index (χ4v) is 2.43. The van der Waals surface area contributed by atoms with Gasteiger partial charge in [0.1, 0.15) is 11.6 Å². The van der Waals surface area contributed by atoms with Gasteiger partial charge < -0.3 is 14.6 Å². The van der Waals surface area contributed by atoms with Crippen molar-refractivity contribution >= 4 is 0 Å². The molecule has 4 heteroatoms. The van der Waals surface area contributed by atoms with Gasteiger partial charge in [0.15, 0.2) is 0 Å². The molecule has 0 aliphatic rings. The molecule has 108 valence electrons. The summed E-state index contributed by atoms with van der Waals surface area (Å²) in [6.45, 7) is 6.12. The Morgan fingerprint density at radius 2 is 2.20 bits per heavy atom. The number of hydrogen-bond donors (Lipinski definition) is 1. The van der Waals surface area contributed by atoms with Gasteiger partial charge in [-0.25, -0.2) is 4.98 Å². The number of aryl methyl sites for hydroxylation is 1. The number of nitrogens with zero attached hydrogens (tertiary/aromatic N) is 2. The van der Waals surface area contributed by atoms with Gasteiger partial charge in [0.2, 0.25) is 0 Å². The van der Waals surface area contributed by atoms with Crippen LogP contribution < -0.4 is 10.1 Å². The topological polar surface area (TPSA) is 39.1 Å². The molecule has 1 N–H and O–H groups in total. The maximum atomic E-state index is 5.29. The number of imidazole rings is 1. The first kappa shape index (κ1) is 14.6. The number of aromatic nitrogens is 2. The van der Waals surface area contributed by atoms with Crippen molar-refractivity contribution in [3.05, 3.63) is 48.0 Å². The first-order valence-corrected chi connectivity index (χ1v) is 7.15. The maximum Gasteiger partial charge on any atom is 0.126 e. The molecule has 2 rings (SSSR count). The number of rotatable bonds is 7. The van der Waals surface area contributed by atoms with Crippen LogP contribution in [0.1, 0.15) is 31.3 Å². The highest BCUT2D eigenvalue weighted by molar-refractivity contribution is 5.29. The Kier molecular flexibility index (Phi) is 5.18. The Labute approximate surface area is 120 Å². The Morgan fingerprint density at radius 1 is 1.35 bits per heavy atom. The second kappa shape index (κ2) is 7.10. The monoisotopic (exact) mass is 273 g/mol. The minimum Gasteiger partial charge on any atom is -0.497 e. The van der Waals surface area contributed by atoms with Crippen LogP contribution in [0.5, 0.6) is 5.75 Å². The minimum absolute atomic E-state index is 0.224. The normalized spacial score (nSPS) is 12.3. The summed E-state index contributed by atoms with van der Waals surface area (Å²) in [7, 11) is 1.70. The average molecular weight is 273 g/mol. The fourth-order valence-electron chi connectivity index (χ4n) is 2.43. The molecule has 2 aromatic rings. The van der Waals surface area contributed by atoms with E-state index in [1.807, 2.05) is 24.5 Å². The first-order chi connectivity index (χ1) is 9.78. The van der Waals surface area contributed by atoms with Crippen molar-refractivity contribution < 1.29 is 4.74 Å².